The molecule has 0 saturated carbocycles. The van der Waals surface area contributed by atoms with Crippen LogP contribution in [0.15, 0.2) is 36.4 Å². The molecule has 0 bridgehead atoms. The fraction of sp³-hybridized carbons (Fsp3) is 0.476. The van der Waals surface area contributed by atoms with Crippen LogP contribution in [0, 0.1) is 5.41 Å². The van der Waals surface area contributed by atoms with Crippen LogP contribution in [0.4, 0.5) is 4.79 Å². The Kier molecular flexibility index (Phi) is 3.74. The number of rotatable bonds is 1. The number of carbonyl (C=O) groups excluding carboxylic acids is 1. The molecule has 2 fully saturated rings. The lowest BCUT2D eigenvalue weighted by molar-refractivity contribution is -0.541. The number of hydrogen-bond acceptors (Lipinski definition) is 5. The van der Waals surface area contributed by atoms with Crippen molar-refractivity contribution in [1.29, 1.82) is 0 Å². The van der Waals surface area contributed by atoms with E-state index in [1.165, 1.54) is 0 Å². The van der Waals surface area contributed by atoms with E-state index in [1.54, 1.807) is 17.0 Å². The van der Waals surface area contributed by atoms with Gasteiger partial charge in [0.15, 0.2) is 6.10 Å². The summed E-state index contributed by atoms with van der Waals surface area (Å²) in [4.78, 5) is 25.8. The molecule has 1 N–H and O–H groups in total. The van der Waals surface area contributed by atoms with E-state index in [4.69, 9.17) is 14.5 Å². The highest BCUT2D eigenvalue weighted by molar-refractivity contribution is 5.89. The van der Waals surface area contributed by atoms with Crippen molar-refractivity contribution in [3.8, 4) is 5.75 Å². The number of carbonyl (C=O) groups is 1. The Morgan fingerprint density at radius 3 is 2.59 bits per heavy atom. The maximum Gasteiger partial charge on any atom is 0.413 e. The third kappa shape index (κ3) is 2.66. The normalized spacial score (nSPS) is 26.6. The monoisotopic (exact) mass is 371 g/mol. The highest BCUT2D eigenvalue weighted by atomic mass is 17.3. The molecule has 2 aliphatic heterocycles. The highest BCUT2D eigenvalue weighted by Crippen LogP contribution is 2.58. The molecule has 0 aromatic heterocycles. The number of fused-ring (bicyclic) bond motifs is 2. The van der Waals surface area contributed by atoms with Crippen molar-refractivity contribution in [2.75, 3.05) is 6.54 Å². The molecule has 2 atom stereocenters. The van der Waals surface area contributed by atoms with Gasteiger partial charge in [-0.1, -0.05) is 38.1 Å². The van der Waals surface area contributed by atoms with Gasteiger partial charge in [-0.05, 0) is 43.7 Å². The molecule has 2 heterocycles. The van der Waals surface area contributed by atoms with E-state index in [2.05, 4.69) is 0 Å². The predicted molar refractivity (Wildman–Crippen MR) is 100.0 cm³/mol. The number of nitrogens with zero attached hydrogens (tertiary/aromatic N) is 1. The average molecular weight is 371 g/mol. The smallest absolute Gasteiger partial charge is 0.413 e. The number of amides is 1. The second kappa shape index (κ2) is 5.59. The van der Waals surface area contributed by atoms with Gasteiger partial charge in [-0.15, -0.1) is 0 Å². The maximum absolute atomic E-state index is 13.0. The minimum Gasteiger partial charge on any atom is -0.508 e. The van der Waals surface area contributed by atoms with E-state index >= 15 is 0 Å². The Hall–Kier alpha value is -2.31. The summed E-state index contributed by atoms with van der Waals surface area (Å²) in [5.74, 6) is 0.112. The third-order valence-corrected chi connectivity index (χ3v) is 5.15. The lowest BCUT2D eigenvalue weighted by atomic mass is 9.81. The van der Waals surface area contributed by atoms with Crippen molar-refractivity contribution in [2.45, 2.75) is 52.0 Å². The van der Waals surface area contributed by atoms with Gasteiger partial charge in [0.25, 0.3) is 0 Å². The van der Waals surface area contributed by atoms with Gasteiger partial charge in [-0.25, -0.2) is 9.68 Å². The highest BCUT2D eigenvalue weighted by Gasteiger charge is 2.71. The van der Waals surface area contributed by atoms with E-state index in [9.17, 15) is 9.90 Å². The molecule has 144 valence electrons. The Bertz CT molecular complexity index is 916. The molecule has 0 radical (unpaired) electrons. The average Bonchev–Trinajstić information content (AvgIpc) is 2.66. The van der Waals surface area contributed by atoms with Gasteiger partial charge in [-0.3, -0.25) is 4.90 Å². The molecule has 2 unspecified atom stereocenters. The molecule has 2 aromatic carbocycles. The first-order valence-corrected chi connectivity index (χ1v) is 9.12. The summed E-state index contributed by atoms with van der Waals surface area (Å²) >= 11 is 0. The van der Waals surface area contributed by atoms with E-state index in [0.29, 0.717) is 12.1 Å². The summed E-state index contributed by atoms with van der Waals surface area (Å²) in [5, 5.41) is 12.1. The van der Waals surface area contributed by atoms with Gasteiger partial charge in [0, 0.05) is 17.5 Å². The minimum absolute atomic E-state index is 0.112. The molecule has 6 nitrogen and oxygen atoms in total. The largest absolute Gasteiger partial charge is 0.508 e. The molecule has 27 heavy (non-hydrogen) atoms. The van der Waals surface area contributed by atoms with Crippen LogP contribution in [0.3, 0.4) is 0 Å². The Balaban J connectivity index is 1.90. The SMILES string of the molecule is CC(C)(C)OC(=O)N1CC(C)(C)C2OOC21c1cc(O)cc2ccccc12. The van der Waals surface area contributed by atoms with Crippen molar-refractivity contribution in [1.82, 2.24) is 4.90 Å². The zero-order chi connectivity index (χ0) is 19.6. The van der Waals surface area contributed by atoms with E-state index in [-0.39, 0.29) is 17.3 Å². The summed E-state index contributed by atoms with van der Waals surface area (Å²) in [6.07, 6.45) is -0.837. The van der Waals surface area contributed by atoms with E-state index < -0.39 is 17.4 Å². The zero-order valence-corrected chi connectivity index (χ0v) is 16.3. The molecule has 0 aliphatic carbocycles. The molecule has 2 aliphatic rings. The maximum atomic E-state index is 13.0. The van der Waals surface area contributed by atoms with Crippen LogP contribution < -0.4 is 0 Å². The van der Waals surface area contributed by atoms with Crippen LogP contribution in [-0.2, 0) is 20.2 Å². The van der Waals surface area contributed by atoms with Crippen LogP contribution in [0.2, 0.25) is 0 Å². The van der Waals surface area contributed by atoms with E-state index in [1.807, 2.05) is 58.9 Å². The van der Waals surface area contributed by atoms with Gasteiger partial charge in [0.1, 0.15) is 11.4 Å². The van der Waals surface area contributed by atoms with Crippen LogP contribution in [0.1, 0.15) is 40.2 Å². The Morgan fingerprint density at radius 1 is 1.26 bits per heavy atom. The summed E-state index contributed by atoms with van der Waals surface area (Å²) < 4.78 is 5.65. The Labute approximate surface area is 158 Å². The molecule has 4 rings (SSSR count). The number of phenols is 1. The van der Waals surface area contributed by atoms with Crippen molar-refractivity contribution in [2.24, 2.45) is 5.41 Å². The van der Waals surface area contributed by atoms with Crippen LogP contribution >= 0.6 is 0 Å². The van der Waals surface area contributed by atoms with Crippen LogP contribution in [0.5, 0.6) is 5.75 Å². The number of aromatic hydroxyl groups is 1. The lowest BCUT2D eigenvalue weighted by Crippen LogP contribution is -2.62. The quantitative estimate of drug-likeness (QED) is 0.757. The number of hydrogen-bond donors (Lipinski definition) is 1. The zero-order valence-electron chi connectivity index (χ0n) is 16.3. The topological polar surface area (TPSA) is 68.2 Å². The predicted octanol–water partition coefficient (Wildman–Crippen LogP) is 4.31. The fourth-order valence-electron chi connectivity index (χ4n) is 4.08. The molecular weight excluding hydrogens is 346 g/mol. The second-order valence-corrected chi connectivity index (χ2v) is 9.03. The second-order valence-electron chi connectivity index (χ2n) is 9.03. The van der Waals surface area contributed by atoms with Gasteiger partial charge < -0.3 is 9.84 Å². The van der Waals surface area contributed by atoms with Crippen LogP contribution in [0.25, 0.3) is 10.8 Å². The molecular formula is C21H25NO5. The first-order chi connectivity index (χ1) is 12.5. The van der Waals surface area contributed by atoms with Crippen molar-refractivity contribution in [3.05, 3.63) is 42.0 Å². The molecule has 0 spiro atoms. The van der Waals surface area contributed by atoms with Gasteiger partial charge >= 0.3 is 6.09 Å². The van der Waals surface area contributed by atoms with Crippen molar-refractivity contribution < 1.29 is 24.4 Å². The van der Waals surface area contributed by atoms with Gasteiger partial charge in [0.2, 0.25) is 5.72 Å². The lowest BCUT2D eigenvalue weighted by Gasteiger charge is -2.48. The summed E-state index contributed by atoms with van der Waals surface area (Å²) in [6.45, 7) is 9.97. The standard InChI is InChI=1S/C21H25NO5/c1-19(2,3)25-18(24)22-12-20(4,5)17-21(22,27-26-17)16-11-14(23)10-13-8-6-7-9-15(13)16/h6-11,17,23H,12H2,1-5H3. The van der Waals surface area contributed by atoms with Crippen LogP contribution in [-0.4, -0.2) is 34.3 Å². The molecule has 2 saturated heterocycles. The first-order valence-electron chi connectivity index (χ1n) is 9.12. The fourth-order valence-corrected chi connectivity index (χ4v) is 4.08. The van der Waals surface area contributed by atoms with Crippen molar-refractivity contribution >= 4 is 16.9 Å². The molecule has 1 amide bonds. The summed E-state index contributed by atoms with van der Waals surface area (Å²) in [7, 11) is 0. The number of benzene rings is 2. The summed E-state index contributed by atoms with van der Waals surface area (Å²) in [6, 6.07) is 11.0. The van der Waals surface area contributed by atoms with Crippen molar-refractivity contribution in [3.63, 3.8) is 0 Å². The number of ether oxygens (including phenoxy) is 1. The van der Waals surface area contributed by atoms with E-state index in [0.717, 1.165) is 10.8 Å². The molecule has 6 heteroatoms. The molecule has 2 aromatic rings. The number of likely N-dealkylation sites (tertiary alicyclic amines) is 1. The first kappa shape index (κ1) is 18.1. The Morgan fingerprint density at radius 2 is 1.96 bits per heavy atom. The van der Waals surface area contributed by atoms with Gasteiger partial charge in [-0.2, -0.15) is 4.89 Å². The third-order valence-electron chi connectivity index (χ3n) is 5.15. The number of phenolic OH excluding ortho intramolecular Hbond substituents is 1. The summed E-state index contributed by atoms with van der Waals surface area (Å²) in [5.41, 5.74) is -1.41. The minimum atomic E-state index is -1.13. The van der Waals surface area contributed by atoms with Gasteiger partial charge in [0.05, 0.1) is 0 Å².